The monoisotopic (exact) mass is 284 g/mol. The van der Waals surface area contributed by atoms with E-state index in [9.17, 15) is 4.79 Å². The van der Waals surface area contributed by atoms with Gasteiger partial charge < -0.3 is 4.90 Å². The van der Waals surface area contributed by atoms with Gasteiger partial charge >= 0.3 is 0 Å². The van der Waals surface area contributed by atoms with E-state index in [1.807, 2.05) is 48.6 Å². The minimum Gasteiger partial charge on any atom is -0.351 e. The van der Waals surface area contributed by atoms with E-state index in [4.69, 9.17) is 0 Å². The van der Waals surface area contributed by atoms with Crippen LogP contribution in [0.25, 0.3) is 6.08 Å². The molecule has 0 unspecified atom stereocenters. The van der Waals surface area contributed by atoms with Crippen molar-refractivity contribution in [2.75, 3.05) is 13.1 Å². The molecule has 0 spiro atoms. The Hall–Kier alpha value is -1.81. The van der Waals surface area contributed by atoms with Crippen molar-refractivity contribution in [1.82, 2.24) is 4.90 Å². The molecule has 102 valence electrons. The van der Waals surface area contributed by atoms with Crippen molar-refractivity contribution < 1.29 is 4.79 Å². The van der Waals surface area contributed by atoms with E-state index in [1.54, 1.807) is 0 Å². The summed E-state index contributed by atoms with van der Waals surface area (Å²) in [6, 6.07) is 10.0. The fourth-order valence-electron chi connectivity index (χ4n) is 2.27. The number of nitrogens with zero attached hydrogens (tertiary/aromatic N) is 2. The molecule has 3 nitrogen and oxygen atoms in total. The van der Waals surface area contributed by atoms with Gasteiger partial charge in [0.15, 0.2) is 5.17 Å². The number of thioether (sulfide) groups is 1. The maximum Gasteiger partial charge on any atom is 0.286 e. The first-order chi connectivity index (χ1) is 9.83. The lowest BCUT2D eigenvalue weighted by Gasteiger charge is -2.14. The normalized spacial score (nSPS) is 21.2. The van der Waals surface area contributed by atoms with Gasteiger partial charge in [-0.1, -0.05) is 42.5 Å². The number of amides is 1. The van der Waals surface area contributed by atoms with Crippen molar-refractivity contribution in [1.29, 1.82) is 0 Å². The average Bonchev–Trinajstić information content (AvgIpc) is 3.10. The Kier molecular flexibility index (Phi) is 4.02. The highest BCUT2D eigenvalue weighted by Gasteiger charge is 2.26. The zero-order valence-electron chi connectivity index (χ0n) is 11.2. The molecule has 2 heterocycles. The Morgan fingerprint density at radius 2 is 1.90 bits per heavy atom. The summed E-state index contributed by atoms with van der Waals surface area (Å²) in [6.45, 7) is 2.04. The molecule has 0 aromatic heterocycles. The molecule has 1 amide bonds. The summed E-state index contributed by atoms with van der Waals surface area (Å²) in [5, 5.41) is 0.867. The van der Waals surface area contributed by atoms with E-state index in [2.05, 4.69) is 9.89 Å². The van der Waals surface area contributed by atoms with Gasteiger partial charge in [-0.15, -0.1) is 0 Å². The van der Waals surface area contributed by atoms with Crippen LogP contribution in [0.3, 0.4) is 0 Å². The van der Waals surface area contributed by atoms with Crippen molar-refractivity contribution in [3.05, 3.63) is 53.0 Å². The van der Waals surface area contributed by atoms with E-state index in [0.29, 0.717) is 4.91 Å². The molecular formula is C16H16N2OS. The van der Waals surface area contributed by atoms with Gasteiger partial charge in [0.1, 0.15) is 0 Å². The van der Waals surface area contributed by atoms with Crippen LogP contribution in [0.1, 0.15) is 18.4 Å². The van der Waals surface area contributed by atoms with Crippen molar-refractivity contribution in [2.24, 2.45) is 4.99 Å². The molecule has 0 N–H and O–H groups in total. The third-order valence-corrected chi connectivity index (χ3v) is 4.38. The second kappa shape index (κ2) is 6.09. The molecule has 1 saturated heterocycles. The van der Waals surface area contributed by atoms with Crippen LogP contribution in [0.5, 0.6) is 0 Å². The van der Waals surface area contributed by atoms with Crippen molar-refractivity contribution in [3.8, 4) is 0 Å². The summed E-state index contributed by atoms with van der Waals surface area (Å²) in [4.78, 5) is 18.9. The molecule has 0 atom stereocenters. The molecule has 0 bridgehead atoms. The summed E-state index contributed by atoms with van der Waals surface area (Å²) in [5.41, 5.74) is 1.13. The Balaban J connectivity index is 1.65. The lowest BCUT2D eigenvalue weighted by molar-refractivity contribution is -0.113. The van der Waals surface area contributed by atoms with E-state index in [0.717, 1.165) is 23.8 Å². The molecule has 0 saturated carbocycles. The molecule has 3 rings (SSSR count). The predicted molar refractivity (Wildman–Crippen MR) is 84.4 cm³/mol. The number of aliphatic imine (C=N–C) groups is 1. The van der Waals surface area contributed by atoms with Crippen LogP contribution in [0, 0.1) is 0 Å². The Bertz CT molecular complexity index is 584. The van der Waals surface area contributed by atoms with Crippen molar-refractivity contribution in [3.63, 3.8) is 0 Å². The minimum absolute atomic E-state index is 0.116. The Morgan fingerprint density at radius 3 is 2.65 bits per heavy atom. The van der Waals surface area contributed by atoms with Gasteiger partial charge in [-0.05, 0) is 36.2 Å². The van der Waals surface area contributed by atoms with Gasteiger partial charge in [-0.25, -0.2) is 0 Å². The van der Waals surface area contributed by atoms with E-state index < -0.39 is 0 Å². The van der Waals surface area contributed by atoms with Gasteiger partial charge in [0.2, 0.25) is 0 Å². The molecule has 1 fully saturated rings. The molecule has 20 heavy (non-hydrogen) atoms. The first-order valence-electron chi connectivity index (χ1n) is 6.82. The largest absolute Gasteiger partial charge is 0.351 e. The van der Waals surface area contributed by atoms with E-state index >= 15 is 0 Å². The zero-order chi connectivity index (χ0) is 13.8. The molecule has 0 aliphatic carbocycles. The van der Waals surface area contributed by atoms with Gasteiger partial charge in [0.05, 0.1) is 4.91 Å². The van der Waals surface area contributed by atoms with Crippen LogP contribution in [-0.4, -0.2) is 29.1 Å². The number of rotatable bonds is 2. The number of allylic oxidation sites excluding steroid dienone is 2. The number of hydrogen-bond acceptors (Lipinski definition) is 3. The van der Waals surface area contributed by atoms with Gasteiger partial charge in [0, 0.05) is 13.1 Å². The lowest BCUT2D eigenvalue weighted by atomic mass is 10.2. The molecule has 1 aromatic rings. The van der Waals surface area contributed by atoms with Gasteiger partial charge in [-0.2, -0.15) is 4.99 Å². The number of benzene rings is 1. The highest BCUT2D eigenvalue weighted by molar-refractivity contribution is 8.18. The number of amidine groups is 1. The first kappa shape index (κ1) is 13.2. The molecule has 0 radical (unpaired) electrons. The van der Waals surface area contributed by atoms with Crippen molar-refractivity contribution >= 4 is 28.9 Å². The highest BCUT2D eigenvalue weighted by Crippen LogP contribution is 2.30. The standard InChI is InChI=1S/C16H16N2OS/c19-15-14(10-6-9-13-7-2-1-3-8-13)20-16(17-15)18-11-4-5-12-18/h1-3,6-10H,4-5,11-12H2/b9-6+,14-10+. The number of carbonyl (C=O) groups is 1. The summed E-state index contributed by atoms with van der Waals surface area (Å²) in [5.74, 6) is -0.116. The highest BCUT2D eigenvalue weighted by atomic mass is 32.2. The summed E-state index contributed by atoms with van der Waals surface area (Å²) in [6.07, 6.45) is 8.15. The second-order valence-electron chi connectivity index (χ2n) is 4.80. The maximum atomic E-state index is 11.8. The number of carbonyl (C=O) groups excluding carboxylic acids is 1. The molecule has 4 heteroatoms. The summed E-state index contributed by atoms with van der Waals surface area (Å²) < 4.78 is 0. The number of hydrogen-bond donors (Lipinski definition) is 0. The van der Waals surface area contributed by atoms with E-state index in [1.165, 1.54) is 24.6 Å². The van der Waals surface area contributed by atoms with Crippen LogP contribution < -0.4 is 0 Å². The van der Waals surface area contributed by atoms with E-state index in [-0.39, 0.29) is 5.91 Å². The summed E-state index contributed by atoms with van der Waals surface area (Å²) in [7, 11) is 0. The SMILES string of the molecule is O=C1N=C(N2CCCC2)S/C1=C/C=C/c1ccccc1. The molecule has 2 aliphatic heterocycles. The third-order valence-electron chi connectivity index (χ3n) is 3.32. The predicted octanol–water partition coefficient (Wildman–Crippen LogP) is 3.31. The smallest absolute Gasteiger partial charge is 0.286 e. The minimum atomic E-state index is -0.116. The molecule has 1 aromatic carbocycles. The topological polar surface area (TPSA) is 32.7 Å². The second-order valence-corrected chi connectivity index (χ2v) is 5.81. The van der Waals surface area contributed by atoms with Crippen LogP contribution in [0.2, 0.25) is 0 Å². The first-order valence-corrected chi connectivity index (χ1v) is 7.64. The summed E-state index contributed by atoms with van der Waals surface area (Å²) >= 11 is 1.49. The Labute approximate surface area is 123 Å². The van der Waals surface area contributed by atoms with Gasteiger partial charge in [0.25, 0.3) is 5.91 Å². The Morgan fingerprint density at radius 1 is 1.15 bits per heavy atom. The fraction of sp³-hybridized carbons (Fsp3) is 0.250. The van der Waals surface area contributed by atoms with Crippen molar-refractivity contribution in [2.45, 2.75) is 12.8 Å². The average molecular weight is 284 g/mol. The molecule has 2 aliphatic rings. The zero-order valence-corrected chi connectivity index (χ0v) is 12.0. The maximum absolute atomic E-state index is 11.8. The lowest BCUT2D eigenvalue weighted by Crippen LogP contribution is -2.23. The third kappa shape index (κ3) is 3.02. The van der Waals surface area contributed by atoms with Gasteiger partial charge in [-0.3, -0.25) is 4.79 Å². The van der Waals surface area contributed by atoms with Crippen LogP contribution in [-0.2, 0) is 4.79 Å². The van der Waals surface area contributed by atoms with Crippen LogP contribution in [0.4, 0.5) is 0 Å². The fourth-order valence-corrected chi connectivity index (χ4v) is 3.18. The van der Waals surface area contributed by atoms with Crippen LogP contribution in [0.15, 0.2) is 52.4 Å². The molecular weight excluding hydrogens is 268 g/mol. The quantitative estimate of drug-likeness (QED) is 0.781. The van der Waals surface area contributed by atoms with Crippen LogP contribution >= 0.6 is 11.8 Å². The number of likely N-dealkylation sites (tertiary alicyclic amines) is 1.